The van der Waals surface area contributed by atoms with Crippen LogP contribution < -0.4 is 11.4 Å². The fourth-order valence-corrected chi connectivity index (χ4v) is 1.58. The maximum Gasteiger partial charge on any atom is 0.326 e. The van der Waals surface area contributed by atoms with Crippen LogP contribution >= 0.6 is 0 Å². The monoisotopic (exact) mass is 191 g/mol. The molecule has 1 unspecified atom stereocenters. The summed E-state index contributed by atoms with van der Waals surface area (Å²) < 4.78 is 1.67. The Balaban J connectivity index is 2.62. The topological polar surface area (TPSA) is 63.8 Å². The largest absolute Gasteiger partial charge is 0.326 e. The molecular weight excluding hydrogens is 178 g/mol. The molecule has 0 fully saturated rings. The molecule has 0 radical (unpaired) electrons. The minimum atomic E-state index is -0.0940. The number of nitrogens with two attached hydrogens (primary N) is 1. The van der Waals surface area contributed by atoms with Gasteiger partial charge in [0.05, 0.1) is 11.0 Å². The molecule has 1 aromatic carbocycles. The second kappa shape index (κ2) is 3.31. The van der Waals surface area contributed by atoms with E-state index in [2.05, 4.69) is 4.98 Å². The van der Waals surface area contributed by atoms with Gasteiger partial charge in [0.1, 0.15) is 0 Å². The van der Waals surface area contributed by atoms with Gasteiger partial charge in [-0.15, -0.1) is 0 Å². The molecule has 2 rings (SSSR count). The summed E-state index contributed by atoms with van der Waals surface area (Å²) in [5.41, 5.74) is 7.35. The predicted octanol–water partition coefficient (Wildman–Crippen LogP) is 0.677. The third-order valence-electron chi connectivity index (χ3n) is 2.15. The number of hydrogen-bond donors (Lipinski definition) is 2. The third kappa shape index (κ3) is 1.44. The van der Waals surface area contributed by atoms with Crippen LogP contribution in [-0.4, -0.2) is 15.6 Å². The van der Waals surface area contributed by atoms with Gasteiger partial charge in [0, 0.05) is 12.6 Å². The Kier molecular flexibility index (Phi) is 2.13. The van der Waals surface area contributed by atoms with Gasteiger partial charge in [0.2, 0.25) is 0 Å². The van der Waals surface area contributed by atoms with Crippen LogP contribution in [0.5, 0.6) is 0 Å². The number of fused-ring (bicyclic) bond motifs is 1. The first-order valence-electron chi connectivity index (χ1n) is 4.61. The van der Waals surface area contributed by atoms with Crippen LogP contribution in [0.25, 0.3) is 11.0 Å². The van der Waals surface area contributed by atoms with Crippen molar-refractivity contribution in [3.05, 3.63) is 34.7 Å². The number of aromatic amines is 1. The molecule has 0 bridgehead atoms. The number of benzene rings is 1. The van der Waals surface area contributed by atoms with Crippen LogP contribution in [0.4, 0.5) is 0 Å². The molecule has 4 heteroatoms. The number of hydrogen-bond acceptors (Lipinski definition) is 2. The highest BCUT2D eigenvalue weighted by Gasteiger charge is 2.06. The molecule has 1 aromatic heterocycles. The standard InChI is InChI=1S/C10H13N3O/c1-7(11)6-13-9-5-3-2-4-8(9)12-10(13)14/h2-5,7H,6,11H2,1H3,(H,12,14). The summed E-state index contributed by atoms with van der Waals surface area (Å²) in [6, 6.07) is 7.58. The Morgan fingerprint density at radius 3 is 2.93 bits per heavy atom. The van der Waals surface area contributed by atoms with Crippen LogP contribution in [0, 0.1) is 0 Å². The smallest absolute Gasteiger partial charge is 0.326 e. The highest BCUT2D eigenvalue weighted by molar-refractivity contribution is 5.74. The van der Waals surface area contributed by atoms with E-state index in [1.807, 2.05) is 31.2 Å². The van der Waals surface area contributed by atoms with Crippen molar-refractivity contribution in [1.82, 2.24) is 9.55 Å². The van der Waals surface area contributed by atoms with Crippen molar-refractivity contribution in [3.63, 3.8) is 0 Å². The fourth-order valence-electron chi connectivity index (χ4n) is 1.58. The summed E-state index contributed by atoms with van der Waals surface area (Å²) >= 11 is 0. The fraction of sp³-hybridized carbons (Fsp3) is 0.300. The number of H-pyrrole nitrogens is 1. The van der Waals surface area contributed by atoms with E-state index >= 15 is 0 Å². The molecule has 0 aliphatic carbocycles. The van der Waals surface area contributed by atoms with Gasteiger partial charge >= 0.3 is 5.69 Å². The van der Waals surface area contributed by atoms with Gasteiger partial charge in [-0.25, -0.2) is 4.79 Å². The van der Waals surface area contributed by atoms with Crippen LogP contribution in [0.15, 0.2) is 29.1 Å². The lowest BCUT2D eigenvalue weighted by molar-refractivity contribution is 0.588. The van der Waals surface area contributed by atoms with Gasteiger partial charge in [0.15, 0.2) is 0 Å². The molecule has 0 amide bonds. The minimum Gasteiger partial charge on any atom is -0.326 e. The van der Waals surface area contributed by atoms with Gasteiger partial charge in [-0.2, -0.15) is 0 Å². The number of nitrogens with zero attached hydrogens (tertiary/aromatic N) is 1. The van der Waals surface area contributed by atoms with E-state index < -0.39 is 0 Å². The summed E-state index contributed by atoms with van der Waals surface area (Å²) in [7, 11) is 0. The predicted molar refractivity (Wildman–Crippen MR) is 56.2 cm³/mol. The Hall–Kier alpha value is -1.55. The molecule has 1 atom stereocenters. The van der Waals surface area contributed by atoms with Gasteiger partial charge in [-0.1, -0.05) is 12.1 Å². The van der Waals surface area contributed by atoms with Crippen LogP contribution in [0.2, 0.25) is 0 Å². The Labute approximate surface area is 81.3 Å². The van der Waals surface area contributed by atoms with Crippen molar-refractivity contribution in [3.8, 4) is 0 Å². The summed E-state index contributed by atoms with van der Waals surface area (Å²) in [6.45, 7) is 2.43. The van der Waals surface area contributed by atoms with Gasteiger partial charge in [-0.05, 0) is 19.1 Å². The second-order valence-electron chi connectivity index (χ2n) is 3.54. The lowest BCUT2D eigenvalue weighted by Crippen LogP contribution is -2.28. The second-order valence-corrected chi connectivity index (χ2v) is 3.54. The lowest BCUT2D eigenvalue weighted by atomic mass is 10.3. The Bertz CT molecular complexity index is 495. The lowest BCUT2D eigenvalue weighted by Gasteiger charge is -2.05. The molecular formula is C10H13N3O. The maximum absolute atomic E-state index is 11.5. The Morgan fingerprint density at radius 2 is 2.21 bits per heavy atom. The normalized spacial score (nSPS) is 13.3. The van der Waals surface area contributed by atoms with E-state index in [-0.39, 0.29) is 11.7 Å². The van der Waals surface area contributed by atoms with E-state index in [4.69, 9.17) is 5.73 Å². The molecule has 0 saturated heterocycles. The van der Waals surface area contributed by atoms with E-state index in [0.717, 1.165) is 11.0 Å². The van der Waals surface area contributed by atoms with Crippen molar-refractivity contribution in [1.29, 1.82) is 0 Å². The van der Waals surface area contributed by atoms with E-state index in [1.165, 1.54) is 0 Å². The van der Waals surface area contributed by atoms with Gasteiger partial charge < -0.3 is 10.7 Å². The van der Waals surface area contributed by atoms with Crippen LogP contribution in [-0.2, 0) is 6.54 Å². The molecule has 74 valence electrons. The first-order valence-corrected chi connectivity index (χ1v) is 4.61. The quantitative estimate of drug-likeness (QED) is 0.733. The van der Waals surface area contributed by atoms with Crippen molar-refractivity contribution >= 4 is 11.0 Å². The molecule has 3 N–H and O–H groups in total. The van der Waals surface area contributed by atoms with E-state index in [0.29, 0.717) is 6.54 Å². The highest BCUT2D eigenvalue weighted by atomic mass is 16.1. The average Bonchev–Trinajstić information content (AvgIpc) is 2.43. The highest BCUT2D eigenvalue weighted by Crippen LogP contribution is 2.08. The zero-order chi connectivity index (χ0) is 10.1. The summed E-state index contributed by atoms with van der Waals surface area (Å²) in [5, 5.41) is 0. The third-order valence-corrected chi connectivity index (χ3v) is 2.15. The summed E-state index contributed by atoms with van der Waals surface area (Å²) in [6.07, 6.45) is 0. The zero-order valence-electron chi connectivity index (χ0n) is 8.03. The van der Waals surface area contributed by atoms with Crippen molar-refractivity contribution in [2.75, 3.05) is 0 Å². The molecule has 0 saturated carbocycles. The molecule has 0 spiro atoms. The SMILES string of the molecule is CC(N)Cn1c(=O)[nH]c2ccccc21. The minimum absolute atomic E-state index is 0.0214. The van der Waals surface area contributed by atoms with E-state index in [9.17, 15) is 4.79 Å². The van der Waals surface area contributed by atoms with Crippen molar-refractivity contribution in [2.24, 2.45) is 5.73 Å². The first kappa shape index (κ1) is 9.02. The number of aromatic nitrogens is 2. The molecule has 14 heavy (non-hydrogen) atoms. The number of rotatable bonds is 2. The zero-order valence-corrected chi connectivity index (χ0v) is 8.03. The van der Waals surface area contributed by atoms with Crippen LogP contribution in [0.3, 0.4) is 0 Å². The average molecular weight is 191 g/mol. The summed E-state index contributed by atoms with van der Waals surface area (Å²) in [4.78, 5) is 14.3. The van der Waals surface area contributed by atoms with Gasteiger partial charge in [-0.3, -0.25) is 4.57 Å². The molecule has 0 aliphatic heterocycles. The Morgan fingerprint density at radius 1 is 1.50 bits per heavy atom. The maximum atomic E-state index is 11.5. The number of imidazole rings is 1. The summed E-state index contributed by atoms with van der Waals surface area (Å²) in [5.74, 6) is 0. The first-order chi connectivity index (χ1) is 6.68. The molecule has 2 aromatic rings. The molecule has 0 aliphatic rings. The molecule has 1 heterocycles. The molecule has 4 nitrogen and oxygen atoms in total. The number of para-hydroxylation sites is 2. The van der Waals surface area contributed by atoms with Crippen molar-refractivity contribution < 1.29 is 0 Å². The van der Waals surface area contributed by atoms with Gasteiger partial charge in [0.25, 0.3) is 0 Å². The van der Waals surface area contributed by atoms with Crippen molar-refractivity contribution in [2.45, 2.75) is 19.5 Å². The van der Waals surface area contributed by atoms with E-state index in [1.54, 1.807) is 4.57 Å². The number of nitrogens with one attached hydrogen (secondary N) is 1. The van der Waals surface area contributed by atoms with Crippen LogP contribution in [0.1, 0.15) is 6.92 Å².